The maximum absolute atomic E-state index is 13.5. The second-order valence-electron chi connectivity index (χ2n) is 6.36. The van der Waals surface area contributed by atoms with Crippen molar-refractivity contribution in [3.63, 3.8) is 0 Å². The molecule has 1 fully saturated rings. The van der Waals surface area contributed by atoms with Gasteiger partial charge in [0.15, 0.2) is 11.0 Å². The zero-order chi connectivity index (χ0) is 17.1. The van der Waals surface area contributed by atoms with Crippen LogP contribution in [0.25, 0.3) is 11.4 Å². The number of hydrogen-bond donors (Lipinski definition) is 0. The highest BCUT2D eigenvalue weighted by molar-refractivity contribution is 7.99. The number of morpholine rings is 1. The van der Waals surface area contributed by atoms with Gasteiger partial charge in [0.2, 0.25) is 0 Å². The Balaban J connectivity index is 1.38. The van der Waals surface area contributed by atoms with Crippen LogP contribution in [-0.4, -0.2) is 69.8 Å². The molecule has 0 amide bonds. The third-order valence-corrected chi connectivity index (χ3v) is 5.62. The van der Waals surface area contributed by atoms with Gasteiger partial charge in [0, 0.05) is 25.2 Å². The third-order valence-electron chi connectivity index (χ3n) is 4.57. The Kier molecular flexibility index (Phi) is 5.30. The Hall–Kier alpha value is -1.48. The van der Waals surface area contributed by atoms with Crippen LogP contribution in [0.1, 0.15) is 6.42 Å². The standard InChI is InChI=1S/C17H22FN5OS/c18-15-4-1-3-14(11-15)16-19-20-17-23(16)12-22(13-25-17)6-2-5-21-7-9-24-10-8-21/h1,3-4,11H,2,5-10,12-13H2. The molecule has 4 rings (SSSR count). The summed E-state index contributed by atoms with van der Waals surface area (Å²) < 4.78 is 21.0. The van der Waals surface area contributed by atoms with Gasteiger partial charge >= 0.3 is 0 Å². The predicted molar refractivity (Wildman–Crippen MR) is 94.7 cm³/mol. The lowest BCUT2D eigenvalue weighted by Crippen LogP contribution is -2.38. The minimum atomic E-state index is -0.249. The van der Waals surface area contributed by atoms with E-state index in [0.29, 0.717) is 0 Å². The van der Waals surface area contributed by atoms with Crippen molar-refractivity contribution in [3.05, 3.63) is 30.1 Å². The summed E-state index contributed by atoms with van der Waals surface area (Å²) in [5.41, 5.74) is 0.773. The van der Waals surface area contributed by atoms with Crippen molar-refractivity contribution in [2.45, 2.75) is 18.2 Å². The first-order valence-corrected chi connectivity index (χ1v) is 9.62. The fourth-order valence-corrected chi connectivity index (χ4v) is 4.14. The molecule has 0 atom stereocenters. The third kappa shape index (κ3) is 4.03. The van der Waals surface area contributed by atoms with E-state index in [1.54, 1.807) is 17.8 Å². The smallest absolute Gasteiger partial charge is 0.193 e. The van der Waals surface area contributed by atoms with Crippen molar-refractivity contribution >= 4 is 11.8 Å². The van der Waals surface area contributed by atoms with Crippen molar-refractivity contribution in [1.82, 2.24) is 24.6 Å². The van der Waals surface area contributed by atoms with Gasteiger partial charge in [-0.1, -0.05) is 23.9 Å². The summed E-state index contributed by atoms with van der Waals surface area (Å²) in [4.78, 5) is 4.85. The van der Waals surface area contributed by atoms with E-state index in [1.165, 1.54) is 12.1 Å². The van der Waals surface area contributed by atoms with Gasteiger partial charge in [-0.2, -0.15) is 0 Å². The minimum Gasteiger partial charge on any atom is -0.379 e. The lowest BCUT2D eigenvalue weighted by Gasteiger charge is -2.30. The molecule has 0 bridgehead atoms. The Morgan fingerprint density at radius 2 is 1.96 bits per heavy atom. The van der Waals surface area contributed by atoms with Crippen LogP contribution in [0.4, 0.5) is 4.39 Å². The Labute approximate surface area is 151 Å². The summed E-state index contributed by atoms with van der Waals surface area (Å²) in [6.45, 7) is 6.66. The molecule has 2 aromatic rings. The molecule has 2 aliphatic heterocycles. The molecule has 134 valence electrons. The number of halogens is 1. The number of nitrogens with zero attached hydrogens (tertiary/aromatic N) is 5. The van der Waals surface area contributed by atoms with Crippen LogP contribution < -0.4 is 0 Å². The highest BCUT2D eigenvalue weighted by atomic mass is 32.2. The molecule has 0 saturated carbocycles. The minimum absolute atomic E-state index is 0.249. The average molecular weight is 363 g/mol. The highest BCUT2D eigenvalue weighted by Gasteiger charge is 2.22. The van der Waals surface area contributed by atoms with Crippen LogP contribution in [0, 0.1) is 5.82 Å². The van der Waals surface area contributed by atoms with Crippen LogP contribution in [0.2, 0.25) is 0 Å². The van der Waals surface area contributed by atoms with E-state index in [-0.39, 0.29) is 5.82 Å². The number of benzene rings is 1. The van der Waals surface area contributed by atoms with Crippen molar-refractivity contribution < 1.29 is 9.13 Å². The van der Waals surface area contributed by atoms with Crippen LogP contribution in [0.3, 0.4) is 0 Å². The monoisotopic (exact) mass is 363 g/mol. The number of aromatic nitrogens is 3. The molecule has 0 spiro atoms. The molecule has 1 aromatic heterocycles. The maximum atomic E-state index is 13.5. The second kappa shape index (κ2) is 7.82. The first kappa shape index (κ1) is 17.0. The van der Waals surface area contributed by atoms with Gasteiger partial charge in [-0.15, -0.1) is 10.2 Å². The molecule has 1 aromatic carbocycles. The predicted octanol–water partition coefficient (Wildman–Crippen LogP) is 2.13. The molecule has 8 heteroatoms. The van der Waals surface area contributed by atoms with E-state index in [2.05, 4.69) is 24.6 Å². The summed E-state index contributed by atoms with van der Waals surface area (Å²) >= 11 is 1.69. The molecule has 0 N–H and O–H groups in total. The molecule has 0 aliphatic carbocycles. The van der Waals surface area contributed by atoms with E-state index >= 15 is 0 Å². The first-order valence-electron chi connectivity index (χ1n) is 8.64. The molecule has 0 radical (unpaired) electrons. The van der Waals surface area contributed by atoms with E-state index < -0.39 is 0 Å². The van der Waals surface area contributed by atoms with E-state index in [1.807, 2.05) is 6.07 Å². The zero-order valence-corrected chi connectivity index (χ0v) is 14.9. The van der Waals surface area contributed by atoms with E-state index in [9.17, 15) is 4.39 Å². The topological polar surface area (TPSA) is 46.4 Å². The molecule has 1 saturated heterocycles. The SMILES string of the molecule is Fc1cccc(-c2nnc3n2CN(CCCN2CCOCC2)CS3)c1. The molecular weight excluding hydrogens is 341 g/mol. The highest BCUT2D eigenvalue weighted by Crippen LogP contribution is 2.29. The van der Waals surface area contributed by atoms with Crippen molar-refractivity contribution in [3.8, 4) is 11.4 Å². The van der Waals surface area contributed by atoms with Crippen molar-refractivity contribution in [2.75, 3.05) is 45.3 Å². The molecule has 25 heavy (non-hydrogen) atoms. The van der Waals surface area contributed by atoms with Gasteiger partial charge in [-0.25, -0.2) is 4.39 Å². The van der Waals surface area contributed by atoms with Gasteiger partial charge in [-0.3, -0.25) is 14.4 Å². The van der Waals surface area contributed by atoms with Gasteiger partial charge in [-0.05, 0) is 25.1 Å². The van der Waals surface area contributed by atoms with Crippen LogP contribution in [-0.2, 0) is 11.4 Å². The van der Waals surface area contributed by atoms with Gasteiger partial charge < -0.3 is 4.74 Å². The number of ether oxygens (including phenoxy) is 1. The van der Waals surface area contributed by atoms with E-state index in [4.69, 9.17) is 4.74 Å². The largest absolute Gasteiger partial charge is 0.379 e. The Bertz CT molecular complexity index is 719. The number of rotatable bonds is 5. The maximum Gasteiger partial charge on any atom is 0.193 e. The summed E-state index contributed by atoms with van der Waals surface area (Å²) in [7, 11) is 0. The summed E-state index contributed by atoms with van der Waals surface area (Å²) in [6, 6.07) is 6.55. The molecular formula is C17H22FN5OS. The number of fused-ring (bicyclic) bond motifs is 1. The first-order chi connectivity index (χ1) is 12.3. The van der Waals surface area contributed by atoms with Gasteiger partial charge in [0.1, 0.15) is 5.82 Å². The number of thioether (sulfide) groups is 1. The molecule has 3 heterocycles. The summed E-state index contributed by atoms with van der Waals surface area (Å²) in [6.07, 6.45) is 1.13. The lowest BCUT2D eigenvalue weighted by molar-refractivity contribution is 0.0359. The summed E-state index contributed by atoms with van der Waals surface area (Å²) in [5.74, 6) is 1.41. The Morgan fingerprint density at radius 3 is 2.80 bits per heavy atom. The molecule has 2 aliphatic rings. The summed E-state index contributed by atoms with van der Waals surface area (Å²) in [5, 5.41) is 9.44. The second-order valence-corrected chi connectivity index (χ2v) is 7.27. The normalized spacial score (nSPS) is 19.1. The number of hydrogen-bond acceptors (Lipinski definition) is 6. The quantitative estimate of drug-likeness (QED) is 0.811. The van der Waals surface area contributed by atoms with Crippen molar-refractivity contribution in [1.29, 1.82) is 0 Å². The van der Waals surface area contributed by atoms with Crippen LogP contribution in [0.15, 0.2) is 29.4 Å². The van der Waals surface area contributed by atoms with Gasteiger partial charge in [0.05, 0.1) is 25.8 Å². The molecule has 6 nitrogen and oxygen atoms in total. The fraction of sp³-hybridized carbons (Fsp3) is 0.529. The fourth-order valence-electron chi connectivity index (χ4n) is 3.23. The van der Waals surface area contributed by atoms with Crippen LogP contribution in [0.5, 0.6) is 0 Å². The average Bonchev–Trinajstić information content (AvgIpc) is 3.06. The van der Waals surface area contributed by atoms with Crippen molar-refractivity contribution in [2.24, 2.45) is 0 Å². The Morgan fingerprint density at radius 1 is 1.12 bits per heavy atom. The van der Waals surface area contributed by atoms with E-state index in [0.717, 1.165) is 74.9 Å². The lowest BCUT2D eigenvalue weighted by atomic mass is 10.2. The van der Waals surface area contributed by atoms with Crippen LogP contribution >= 0.6 is 11.8 Å². The van der Waals surface area contributed by atoms with Gasteiger partial charge in [0.25, 0.3) is 0 Å². The molecule has 0 unspecified atom stereocenters. The zero-order valence-electron chi connectivity index (χ0n) is 14.1.